The molecule has 0 heterocycles. The highest BCUT2D eigenvalue weighted by Gasteiger charge is 2.22. The Hall–Kier alpha value is -2.36. The molecule has 0 saturated heterocycles. The van der Waals surface area contributed by atoms with Gasteiger partial charge in [0.15, 0.2) is 0 Å². The summed E-state index contributed by atoms with van der Waals surface area (Å²) in [4.78, 5) is 14.0. The first-order chi connectivity index (χ1) is 9.93. The van der Waals surface area contributed by atoms with E-state index in [1.165, 1.54) is 17.0 Å². The molecule has 0 saturated carbocycles. The van der Waals surface area contributed by atoms with Gasteiger partial charge < -0.3 is 10.0 Å². The zero-order valence-electron chi connectivity index (χ0n) is 12.3. The molecule has 21 heavy (non-hydrogen) atoms. The van der Waals surface area contributed by atoms with E-state index in [-0.39, 0.29) is 17.5 Å². The average Bonchev–Trinajstić information content (AvgIpc) is 2.48. The molecule has 0 bridgehead atoms. The van der Waals surface area contributed by atoms with Crippen LogP contribution in [0.3, 0.4) is 0 Å². The Morgan fingerprint density at radius 3 is 2.52 bits per heavy atom. The molecule has 2 aromatic rings. The normalized spacial score (nSPS) is 12.0. The van der Waals surface area contributed by atoms with E-state index in [2.05, 4.69) is 0 Å². The average molecular weight is 287 g/mol. The van der Waals surface area contributed by atoms with Gasteiger partial charge in [-0.2, -0.15) is 0 Å². The first-order valence-corrected chi connectivity index (χ1v) is 6.73. The fraction of sp³-hybridized carbons (Fsp3) is 0.235. The van der Waals surface area contributed by atoms with Crippen molar-refractivity contribution in [1.29, 1.82) is 0 Å². The number of carbonyl (C=O) groups excluding carboxylic acids is 1. The third kappa shape index (κ3) is 2.89. The molecule has 1 amide bonds. The molecule has 4 heteroatoms. The van der Waals surface area contributed by atoms with Crippen LogP contribution in [0.15, 0.2) is 42.5 Å². The van der Waals surface area contributed by atoms with Crippen LogP contribution < -0.4 is 0 Å². The van der Waals surface area contributed by atoms with E-state index in [0.717, 1.165) is 0 Å². The molecule has 0 aliphatic carbocycles. The first kappa shape index (κ1) is 15.0. The molecule has 0 radical (unpaired) electrons. The van der Waals surface area contributed by atoms with Crippen molar-refractivity contribution in [2.75, 3.05) is 7.05 Å². The van der Waals surface area contributed by atoms with E-state index in [1.54, 1.807) is 51.2 Å². The Kier molecular flexibility index (Phi) is 4.26. The van der Waals surface area contributed by atoms with Crippen LogP contribution in [0.5, 0.6) is 5.75 Å². The lowest BCUT2D eigenvalue weighted by Gasteiger charge is -2.26. The molecule has 3 nitrogen and oxygen atoms in total. The summed E-state index contributed by atoms with van der Waals surface area (Å²) < 4.78 is 13.8. The molecule has 1 N–H and O–H groups in total. The first-order valence-electron chi connectivity index (χ1n) is 6.73. The van der Waals surface area contributed by atoms with Gasteiger partial charge in [-0.1, -0.05) is 24.3 Å². The fourth-order valence-corrected chi connectivity index (χ4v) is 2.24. The maximum atomic E-state index is 13.8. The topological polar surface area (TPSA) is 40.5 Å². The molecule has 110 valence electrons. The van der Waals surface area contributed by atoms with Gasteiger partial charge in [0.25, 0.3) is 5.91 Å². The van der Waals surface area contributed by atoms with Gasteiger partial charge in [-0.3, -0.25) is 4.79 Å². The van der Waals surface area contributed by atoms with Crippen LogP contribution in [0.4, 0.5) is 4.39 Å². The second kappa shape index (κ2) is 5.95. The summed E-state index contributed by atoms with van der Waals surface area (Å²) in [6, 6.07) is 10.8. The van der Waals surface area contributed by atoms with Crippen molar-refractivity contribution in [2.45, 2.75) is 19.9 Å². The van der Waals surface area contributed by atoms with E-state index in [4.69, 9.17) is 0 Å². The van der Waals surface area contributed by atoms with Gasteiger partial charge in [-0.25, -0.2) is 4.39 Å². The SMILES string of the molecule is Cc1c(O)cccc1C(=O)N(C)C(C)c1ccccc1F. The highest BCUT2D eigenvalue weighted by molar-refractivity contribution is 5.96. The van der Waals surface area contributed by atoms with Gasteiger partial charge in [0.1, 0.15) is 11.6 Å². The Bertz CT molecular complexity index is 670. The number of phenols is 1. The highest BCUT2D eigenvalue weighted by atomic mass is 19.1. The number of phenolic OH excluding ortho intramolecular Hbond substituents is 1. The number of hydrogen-bond acceptors (Lipinski definition) is 2. The minimum Gasteiger partial charge on any atom is -0.508 e. The number of nitrogens with zero attached hydrogens (tertiary/aromatic N) is 1. The highest BCUT2D eigenvalue weighted by Crippen LogP contribution is 2.26. The maximum absolute atomic E-state index is 13.8. The van der Waals surface area contributed by atoms with Crippen molar-refractivity contribution >= 4 is 5.91 Å². The molecular weight excluding hydrogens is 269 g/mol. The van der Waals surface area contributed by atoms with Gasteiger partial charge in [0, 0.05) is 23.7 Å². The van der Waals surface area contributed by atoms with Crippen LogP contribution in [0.2, 0.25) is 0 Å². The second-order valence-corrected chi connectivity index (χ2v) is 5.06. The molecule has 2 aromatic carbocycles. The molecule has 0 aromatic heterocycles. The maximum Gasteiger partial charge on any atom is 0.254 e. The smallest absolute Gasteiger partial charge is 0.254 e. The largest absolute Gasteiger partial charge is 0.508 e. The number of aromatic hydroxyl groups is 1. The van der Waals surface area contributed by atoms with E-state index in [0.29, 0.717) is 16.7 Å². The molecule has 0 spiro atoms. The van der Waals surface area contributed by atoms with Crippen molar-refractivity contribution < 1.29 is 14.3 Å². The molecule has 1 unspecified atom stereocenters. The monoisotopic (exact) mass is 287 g/mol. The summed E-state index contributed by atoms with van der Waals surface area (Å²) >= 11 is 0. The molecular formula is C17H18FNO2. The summed E-state index contributed by atoms with van der Waals surface area (Å²) in [7, 11) is 1.63. The standard InChI is InChI=1S/C17H18FNO2/c1-11-13(8-6-10-16(11)20)17(21)19(3)12(2)14-7-4-5-9-15(14)18/h4-10,12,20H,1-3H3. The number of amides is 1. The number of carbonyl (C=O) groups is 1. The number of rotatable bonds is 3. The van der Waals surface area contributed by atoms with Crippen LogP contribution >= 0.6 is 0 Å². The Morgan fingerprint density at radius 2 is 1.86 bits per heavy atom. The Labute approximate surface area is 123 Å². The molecule has 0 aliphatic rings. The minimum absolute atomic E-state index is 0.0767. The summed E-state index contributed by atoms with van der Waals surface area (Å²) in [6.07, 6.45) is 0. The van der Waals surface area contributed by atoms with Crippen molar-refractivity contribution in [2.24, 2.45) is 0 Å². The lowest BCUT2D eigenvalue weighted by molar-refractivity contribution is 0.0739. The lowest BCUT2D eigenvalue weighted by Crippen LogP contribution is -2.30. The summed E-state index contributed by atoms with van der Waals surface area (Å²) in [6.45, 7) is 3.46. The van der Waals surface area contributed by atoms with Gasteiger partial charge in [-0.15, -0.1) is 0 Å². The van der Waals surface area contributed by atoms with Gasteiger partial charge in [0.2, 0.25) is 0 Å². The molecule has 0 fully saturated rings. The lowest BCUT2D eigenvalue weighted by atomic mass is 10.0. The van der Waals surface area contributed by atoms with Crippen molar-refractivity contribution in [3.63, 3.8) is 0 Å². The van der Waals surface area contributed by atoms with Gasteiger partial charge >= 0.3 is 0 Å². The van der Waals surface area contributed by atoms with Crippen LogP contribution in [-0.2, 0) is 0 Å². The van der Waals surface area contributed by atoms with Gasteiger partial charge in [-0.05, 0) is 32.0 Å². The number of benzene rings is 2. The van der Waals surface area contributed by atoms with Crippen LogP contribution in [0.25, 0.3) is 0 Å². The van der Waals surface area contributed by atoms with E-state index >= 15 is 0 Å². The summed E-state index contributed by atoms with van der Waals surface area (Å²) in [5, 5.41) is 9.70. The second-order valence-electron chi connectivity index (χ2n) is 5.06. The zero-order valence-corrected chi connectivity index (χ0v) is 12.3. The number of hydrogen-bond donors (Lipinski definition) is 1. The number of halogens is 1. The fourth-order valence-electron chi connectivity index (χ4n) is 2.24. The van der Waals surface area contributed by atoms with Crippen LogP contribution in [-0.4, -0.2) is 23.0 Å². The third-order valence-electron chi connectivity index (χ3n) is 3.79. The van der Waals surface area contributed by atoms with Crippen LogP contribution in [0.1, 0.15) is 34.5 Å². The summed E-state index contributed by atoms with van der Waals surface area (Å²) in [5.41, 5.74) is 1.40. The van der Waals surface area contributed by atoms with E-state index < -0.39 is 6.04 Å². The third-order valence-corrected chi connectivity index (χ3v) is 3.79. The Morgan fingerprint density at radius 1 is 1.19 bits per heavy atom. The van der Waals surface area contributed by atoms with Crippen molar-refractivity contribution in [3.05, 3.63) is 65.0 Å². The van der Waals surface area contributed by atoms with Crippen molar-refractivity contribution in [1.82, 2.24) is 4.90 Å². The van der Waals surface area contributed by atoms with E-state index in [1.807, 2.05) is 0 Å². The minimum atomic E-state index is -0.402. The van der Waals surface area contributed by atoms with Crippen LogP contribution in [0, 0.1) is 12.7 Å². The molecule has 1 atom stereocenters. The summed E-state index contributed by atoms with van der Waals surface area (Å²) in [5.74, 6) is -0.510. The predicted octanol–water partition coefficient (Wildman–Crippen LogP) is 3.67. The predicted molar refractivity (Wildman–Crippen MR) is 79.8 cm³/mol. The quantitative estimate of drug-likeness (QED) is 0.935. The van der Waals surface area contributed by atoms with Gasteiger partial charge in [0.05, 0.1) is 6.04 Å². The molecule has 2 rings (SSSR count). The zero-order chi connectivity index (χ0) is 15.6. The Balaban J connectivity index is 2.31. The molecule has 0 aliphatic heterocycles. The van der Waals surface area contributed by atoms with Crippen molar-refractivity contribution in [3.8, 4) is 5.75 Å². The van der Waals surface area contributed by atoms with E-state index in [9.17, 15) is 14.3 Å².